The van der Waals surface area contributed by atoms with Crippen LogP contribution in [0.2, 0.25) is 0 Å². The van der Waals surface area contributed by atoms with E-state index in [9.17, 15) is 4.79 Å². The predicted octanol–water partition coefficient (Wildman–Crippen LogP) is 2.66. The highest BCUT2D eigenvalue weighted by atomic mass is 16.1. The molecule has 3 nitrogen and oxygen atoms in total. The summed E-state index contributed by atoms with van der Waals surface area (Å²) in [6.45, 7) is 3.68. The van der Waals surface area contributed by atoms with Gasteiger partial charge < -0.3 is 10.6 Å². The molecular formula is C17H18N2O. The first kappa shape index (κ1) is 12.7. The second-order valence-electron chi connectivity index (χ2n) is 5.27. The second kappa shape index (κ2) is 5.00. The molecule has 0 spiro atoms. The van der Waals surface area contributed by atoms with E-state index in [1.54, 1.807) is 0 Å². The van der Waals surface area contributed by atoms with Crippen LogP contribution in [-0.2, 0) is 13.0 Å². The molecule has 2 aromatic carbocycles. The SMILES string of the molecule is Cc1cccc(N2CCc3ccccc3C2)c1C(N)=O. The van der Waals surface area contributed by atoms with Crippen LogP contribution in [0.5, 0.6) is 0 Å². The van der Waals surface area contributed by atoms with Gasteiger partial charge in [-0.05, 0) is 36.1 Å². The van der Waals surface area contributed by atoms with E-state index in [0.29, 0.717) is 5.56 Å². The molecule has 2 N–H and O–H groups in total. The summed E-state index contributed by atoms with van der Waals surface area (Å²) in [4.78, 5) is 14.0. The highest BCUT2D eigenvalue weighted by Crippen LogP contribution is 2.28. The lowest BCUT2D eigenvalue weighted by atomic mass is 9.97. The number of carbonyl (C=O) groups excluding carboxylic acids is 1. The predicted molar refractivity (Wildman–Crippen MR) is 80.9 cm³/mol. The number of carbonyl (C=O) groups is 1. The van der Waals surface area contributed by atoms with Gasteiger partial charge in [-0.25, -0.2) is 0 Å². The molecule has 1 aliphatic heterocycles. The Labute approximate surface area is 119 Å². The van der Waals surface area contributed by atoms with E-state index in [1.165, 1.54) is 11.1 Å². The van der Waals surface area contributed by atoms with Crippen molar-refractivity contribution in [3.8, 4) is 0 Å². The number of amides is 1. The zero-order chi connectivity index (χ0) is 14.1. The van der Waals surface area contributed by atoms with Gasteiger partial charge in [0.15, 0.2) is 0 Å². The van der Waals surface area contributed by atoms with Gasteiger partial charge in [0.05, 0.1) is 11.3 Å². The molecule has 1 amide bonds. The van der Waals surface area contributed by atoms with Crippen molar-refractivity contribution in [3.05, 3.63) is 64.7 Å². The molecule has 20 heavy (non-hydrogen) atoms. The average Bonchev–Trinajstić information content (AvgIpc) is 2.46. The molecular weight excluding hydrogens is 248 g/mol. The Morgan fingerprint density at radius 2 is 1.85 bits per heavy atom. The highest BCUT2D eigenvalue weighted by Gasteiger charge is 2.21. The monoisotopic (exact) mass is 266 g/mol. The first-order valence-electron chi connectivity index (χ1n) is 6.88. The summed E-state index contributed by atoms with van der Waals surface area (Å²) >= 11 is 0. The molecule has 102 valence electrons. The fourth-order valence-electron chi connectivity index (χ4n) is 2.94. The van der Waals surface area contributed by atoms with Gasteiger partial charge in [0.1, 0.15) is 0 Å². The minimum Gasteiger partial charge on any atom is -0.366 e. The van der Waals surface area contributed by atoms with Crippen LogP contribution in [0.3, 0.4) is 0 Å². The molecule has 0 saturated heterocycles. The number of aryl methyl sites for hydroxylation is 1. The number of anilines is 1. The number of nitrogens with zero attached hydrogens (tertiary/aromatic N) is 1. The lowest BCUT2D eigenvalue weighted by molar-refractivity contribution is 0.1000. The molecule has 0 radical (unpaired) electrons. The topological polar surface area (TPSA) is 46.3 Å². The fraction of sp³-hybridized carbons (Fsp3) is 0.235. The van der Waals surface area contributed by atoms with Crippen molar-refractivity contribution in [2.75, 3.05) is 11.4 Å². The average molecular weight is 266 g/mol. The third kappa shape index (κ3) is 2.16. The maximum absolute atomic E-state index is 11.7. The van der Waals surface area contributed by atoms with Gasteiger partial charge in [-0.3, -0.25) is 4.79 Å². The molecule has 2 aromatic rings. The lowest BCUT2D eigenvalue weighted by Crippen LogP contribution is -2.32. The van der Waals surface area contributed by atoms with Gasteiger partial charge in [0.2, 0.25) is 0 Å². The Morgan fingerprint density at radius 3 is 2.60 bits per heavy atom. The standard InChI is InChI=1S/C17H18N2O/c1-12-5-4-8-15(16(12)17(18)20)19-10-9-13-6-2-3-7-14(13)11-19/h2-8H,9-11H2,1H3,(H2,18,20). The van der Waals surface area contributed by atoms with Crippen LogP contribution >= 0.6 is 0 Å². The van der Waals surface area contributed by atoms with Crippen molar-refractivity contribution in [3.63, 3.8) is 0 Å². The summed E-state index contributed by atoms with van der Waals surface area (Å²) in [6.07, 6.45) is 1.00. The molecule has 0 fully saturated rings. The van der Waals surface area contributed by atoms with E-state index in [4.69, 9.17) is 5.73 Å². The third-order valence-electron chi connectivity index (χ3n) is 3.97. The van der Waals surface area contributed by atoms with Gasteiger partial charge in [0.25, 0.3) is 5.91 Å². The Bertz CT molecular complexity index is 664. The van der Waals surface area contributed by atoms with Crippen LogP contribution in [0.1, 0.15) is 27.0 Å². The maximum Gasteiger partial charge on any atom is 0.251 e. The van der Waals surface area contributed by atoms with E-state index in [0.717, 1.165) is 30.8 Å². The molecule has 0 saturated carbocycles. The number of rotatable bonds is 2. The number of hydrogen-bond acceptors (Lipinski definition) is 2. The Hall–Kier alpha value is -2.29. The highest BCUT2D eigenvalue weighted by molar-refractivity contribution is 6.00. The molecule has 0 atom stereocenters. The zero-order valence-corrected chi connectivity index (χ0v) is 11.6. The third-order valence-corrected chi connectivity index (χ3v) is 3.97. The van der Waals surface area contributed by atoms with Crippen LogP contribution in [0.4, 0.5) is 5.69 Å². The quantitative estimate of drug-likeness (QED) is 0.908. The summed E-state index contributed by atoms with van der Waals surface area (Å²) in [5.74, 6) is -0.350. The van der Waals surface area contributed by atoms with Crippen molar-refractivity contribution in [1.82, 2.24) is 0 Å². The Kier molecular flexibility index (Phi) is 3.18. The molecule has 1 aliphatic rings. The van der Waals surface area contributed by atoms with E-state index >= 15 is 0 Å². The van der Waals surface area contributed by atoms with Crippen molar-refractivity contribution in [2.45, 2.75) is 19.9 Å². The second-order valence-corrected chi connectivity index (χ2v) is 5.27. The molecule has 0 aliphatic carbocycles. The summed E-state index contributed by atoms with van der Waals surface area (Å²) in [7, 11) is 0. The maximum atomic E-state index is 11.7. The van der Waals surface area contributed by atoms with Crippen LogP contribution in [0, 0.1) is 6.92 Å². The van der Waals surface area contributed by atoms with E-state index < -0.39 is 0 Å². The van der Waals surface area contributed by atoms with Gasteiger partial charge >= 0.3 is 0 Å². The lowest BCUT2D eigenvalue weighted by Gasteiger charge is -2.32. The van der Waals surface area contributed by atoms with Gasteiger partial charge in [-0.2, -0.15) is 0 Å². The fourth-order valence-corrected chi connectivity index (χ4v) is 2.94. The summed E-state index contributed by atoms with van der Waals surface area (Å²) in [6, 6.07) is 14.4. The smallest absolute Gasteiger partial charge is 0.251 e. The molecule has 0 bridgehead atoms. The number of primary amides is 1. The number of hydrogen-bond donors (Lipinski definition) is 1. The molecule has 3 heteroatoms. The van der Waals surface area contributed by atoms with Crippen LogP contribution in [0.25, 0.3) is 0 Å². The first-order valence-corrected chi connectivity index (χ1v) is 6.88. The zero-order valence-electron chi connectivity index (χ0n) is 11.6. The Morgan fingerprint density at radius 1 is 1.10 bits per heavy atom. The van der Waals surface area contributed by atoms with Gasteiger partial charge in [-0.1, -0.05) is 36.4 Å². The molecule has 1 heterocycles. The Balaban J connectivity index is 2.00. The van der Waals surface area contributed by atoms with E-state index in [1.807, 2.05) is 25.1 Å². The summed E-state index contributed by atoms with van der Waals surface area (Å²) < 4.78 is 0. The minimum absolute atomic E-state index is 0.350. The summed E-state index contributed by atoms with van der Waals surface area (Å²) in [5.41, 5.74) is 10.8. The van der Waals surface area contributed by atoms with E-state index in [-0.39, 0.29) is 5.91 Å². The van der Waals surface area contributed by atoms with Crippen molar-refractivity contribution in [2.24, 2.45) is 5.73 Å². The largest absolute Gasteiger partial charge is 0.366 e. The summed E-state index contributed by atoms with van der Waals surface area (Å²) in [5, 5.41) is 0. The first-order chi connectivity index (χ1) is 9.66. The van der Waals surface area contributed by atoms with Crippen molar-refractivity contribution >= 4 is 11.6 Å². The van der Waals surface area contributed by atoms with Crippen molar-refractivity contribution < 1.29 is 4.79 Å². The normalized spacial score (nSPS) is 13.9. The van der Waals surface area contributed by atoms with Gasteiger partial charge in [-0.15, -0.1) is 0 Å². The van der Waals surface area contributed by atoms with Gasteiger partial charge in [0, 0.05) is 13.1 Å². The van der Waals surface area contributed by atoms with Crippen LogP contribution in [-0.4, -0.2) is 12.5 Å². The number of fused-ring (bicyclic) bond motifs is 1. The number of nitrogens with two attached hydrogens (primary N) is 1. The van der Waals surface area contributed by atoms with Crippen LogP contribution < -0.4 is 10.6 Å². The van der Waals surface area contributed by atoms with E-state index in [2.05, 4.69) is 29.2 Å². The minimum atomic E-state index is -0.350. The molecule has 3 rings (SSSR count). The molecule has 0 unspecified atom stereocenters. The van der Waals surface area contributed by atoms with Crippen LogP contribution in [0.15, 0.2) is 42.5 Å². The molecule has 0 aromatic heterocycles. The van der Waals surface area contributed by atoms with Crippen molar-refractivity contribution in [1.29, 1.82) is 0 Å². The number of benzene rings is 2.